The number of carbonyl (C=O) groups excluding carboxylic acids is 1. The molecule has 16 heavy (non-hydrogen) atoms. The van der Waals surface area contributed by atoms with Gasteiger partial charge in [-0.1, -0.05) is 19.8 Å². The molecule has 1 amide bonds. The first kappa shape index (κ1) is 11.9. The van der Waals surface area contributed by atoms with Crippen LogP contribution in [0.15, 0.2) is 0 Å². The molecule has 3 nitrogen and oxygen atoms in total. The summed E-state index contributed by atoms with van der Waals surface area (Å²) in [6.45, 7) is 3.81. The van der Waals surface area contributed by atoms with Gasteiger partial charge in [0.1, 0.15) is 0 Å². The molecule has 92 valence electrons. The van der Waals surface area contributed by atoms with Crippen LogP contribution in [-0.4, -0.2) is 29.9 Å². The van der Waals surface area contributed by atoms with Gasteiger partial charge in [-0.25, -0.2) is 0 Å². The van der Waals surface area contributed by atoms with Crippen LogP contribution in [0.2, 0.25) is 0 Å². The van der Waals surface area contributed by atoms with E-state index < -0.39 is 0 Å². The van der Waals surface area contributed by atoms with E-state index in [2.05, 4.69) is 6.92 Å². The van der Waals surface area contributed by atoms with E-state index in [1.165, 1.54) is 12.8 Å². The Kier molecular flexibility index (Phi) is 3.85. The van der Waals surface area contributed by atoms with Crippen LogP contribution in [-0.2, 0) is 4.79 Å². The van der Waals surface area contributed by atoms with Gasteiger partial charge in [0, 0.05) is 25.6 Å². The van der Waals surface area contributed by atoms with Crippen LogP contribution in [0, 0.1) is 11.8 Å². The first-order valence-electron chi connectivity index (χ1n) is 6.70. The van der Waals surface area contributed by atoms with Gasteiger partial charge >= 0.3 is 0 Å². The van der Waals surface area contributed by atoms with Crippen molar-refractivity contribution in [3.05, 3.63) is 0 Å². The Morgan fingerprint density at radius 1 is 1.38 bits per heavy atom. The van der Waals surface area contributed by atoms with Gasteiger partial charge in [0.05, 0.1) is 0 Å². The molecule has 2 unspecified atom stereocenters. The van der Waals surface area contributed by atoms with E-state index in [1.807, 2.05) is 4.90 Å². The van der Waals surface area contributed by atoms with Gasteiger partial charge < -0.3 is 10.6 Å². The average molecular weight is 224 g/mol. The zero-order valence-electron chi connectivity index (χ0n) is 10.3. The predicted molar refractivity (Wildman–Crippen MR) is 64.9 cm³/mol. The highest BCUT2D eigenvalue weighted by molar-refractivity contribution is 5.76. The monoisotopic (exact) mass is 224 g/mol. The molecule has 1 aliphatic heterocycles. The average Bonchev–Trinajstić information content (AvgIpc) is 3.09. The molecule has 0 spiro atoms. The Morgan fingerprint density at radius 2 is 2.12 bits per heavy atom. The van der Waals surface area contributed by atoms with Crippen LogP contribution < -0.4 is 5.73 Å². The molecule has 0 aromatic carbocycles. The summed E-state index contributed by atoms with van der Waals surface area (Å²) >= 11 is 0. The lowest BCUT2D eigenvalue weighted by Gasteiger charge is -2.38. The molecule has 2 aliphatic rings. The van der Waals surface area contributed by atoms with Crippen molar-refractivity contribution in [3.8, 4) is 0 Å². The fraction of sp³-hybridized carbons (Fsp3) is 0.923. The fourth-order valence-electron chi connectivity index (χ4n) is 2.68. The molecule has 0 aromatic rings. The highest BCUT2D eigenvalue weighted by atomic mass is 16.2. The fourth-order valence-corrected chi connectivity index (χ4v) is 2.68. The normalized spacial score (nSPS) is 30.5. The summed E-state index contributed by atoms with van der Waals surface area (Å²) < 4.78 is 0. The third kappa shape index (κ3) is 2.97. The van der Waals surface area contributed by atoms with Crippen LogP contribution in [0.3, 0.4) is 0 Å². The van der Waals surface area contributed by atoms with Gasteiger partial charge in [-0.05, 0) is 31.1 Å². The van der Waals surface area contributed by atoms with Gasteiger partial charge in [0.2, 0.25) is 5.91 Å². The van der Waals surface area contributed by atoms with Crippen molar-refractivity contribution >= 4 is 5.91 Å². The highest BCUT2D eigenvalue weighted by Gasteiger charge is 2.30. The summed E-state index contributed by atoms with van der Waals surface area (Å²) in [5, 5.41) is 0. The lowest BCUT2D eigenvalue weighted by Crippen LogP contribution is -2.49. The summed E-state index contributed by atoms with van der Waals surface area (Å²) in [6.07, 6.45) is 6.75. The summed E-state index contributed by atoms with van der Waals surface area (Å²) in [7, 11) is 0. The Bertz CT molecular complexity index is 250. The number of rotatable bonds is 4. The highest BCUT2D eigenvalue weighted by Crippen LogP contribution is 2.34. The van der Waals surface area contributed by atoms with E-state index in [0.717, 1.165) is 44.1 Å². The van der Waals surface area contributed by atoms with Crippen LogP contribution in [0.25, 0.3) is 0 Å². The molecular weight excluding hydrogens is 200 g/mol. The van der Waals surface area contributed by atoms with Crippen molar-refractivity contribution in [2.75, 3.05) is 13.1 Å². The molecule has 1 saturated heterocycles. The van der Waals surface area contributed by atoms with Crippen molar-refractivity contribution in [2.24, 2.45) is 17.6 Å². The third-order valence-corrected chi connectivity index (χ3v) is 4.03. The lowest BCUT2D eigenvalue weighted by molar-refractivity contribution is -0.135. The number of nitrogens with two attached hydrogens (primary N) is 1. The second kappa shape index (κ2) is 5.17. The SMILES string of the molecule is CC1CCN(C(=O)CCC2CC2)C(CN)C1. The Morgan fingerprint density at radius 3 is 2.75 bits per heavy atom. The molecule has 1 saturated carbocycles. The molecule has 0 aromatic heterocycles. The van der Waals surface area contributed by atoms with E-state index >= 15 is 0 Å². The van der Waals surface area contributed by atoms with Gasteiger partial charge in [-0.15, -0.1) is 0 Å². The minimum Gasteiger partial charge on any atom is -0.338 e. The lowest BCUT2D eigenvalue weighted by atomic mass is 9.92. The minimum atomic E-state index is 0.301. The van der Waals surface area contributed by atoms with Gasteiger partial charge in [0.25, 0.3) is 0 Å². The largest absolute Gasteiger partial charge is 0.338 e. The number of nitrogens with zero attached hydrogens (tertiary/aromatic N) is 1. The molecule has 0 bridgehead atoms. The Labute approximate surface area is 98.4 Å². The van der Waals surface area contributed by atoms with Crippen molar-refractivity contribution in [2.45, 2.75) is 51.5 Å². The van der Waals surface area contributed by atoms with E-state index in [4.69, 9.17) is 5.73 Å². The summed E-state index contributed by atoms with van der Waals surface area (Å²) in [6, 6.07) is 0.301. The van der Waals surface area contributed by atoms with Crippen LogP contribution in [0.4, 0.5) is 0 Å². The summed E-state index contributed by atoms with van der Waals surface area (Å²) in [5.74, 6) is 1.92. The van der Waals surface area contributed by atoms with Crippen molar-refractivity contribution < 1.29 is 4.79 Å². The molecule has 1 aliphatic carbocycles. The molecule has 2 rings (SSSR count). The molecular formula is C13H24N2O. The van der Waals surface area contributed by atoms with E-state index in [1.54, 1.807) is 0 Å². The van der Waals surface area contributed by atoms with Crippen molar-refractivity contribution in [1.82, 2.24) is 4.90 Å². The standard InChI is InChI=1S/C13H24N2O/c1-10-6-7-15(12(8-10)9-14)13(16)5-4-11-2-3-11/h10-12H,2-9,14H2,1H3. The summed E-state index contributed by atoms with van der Waals surface area (Å²) in [5.41, 5.74) is 5.77. The van der Waals surface area contributed by atoms with Crippen LogP contribution in [0.1, 0.15) is 45.4 Å². The Hall–Kier alpha value is -0.570. The number of amides is 1. The molecule has 0 radical (unpaired) electrons. The maximum atomic E-state index is 12.1. The Balaban J connectivity index is 1.82. The van der Waals surface area contributed by atoms with E-state index in [9.17, 15) is 4.79 Å². The quantitative estimate of drug-likeness (QED) is 0.791. The second-order valence-corrected chi connectivity index (χ2v) is 5.59. The zero-order valence-corrected chi connectivity index (χ0v) is 10.3. The van der Waals surface area contributed by atoms with Gasteiger partial charge in [0.15, 0.2) is 0 Å². The smallest absolute Gasteiger partial charge is 0.222 e. The number of hydrogen-bond acceptors (Lipinski definition) is 2. The van der Waals surface area contributed by atoms with Crippen molar-refractivity contribution in [3.63, 3.8) is 0 Å². The molecule has 2 N–H and O–H groups in total. The first-order valence-corrected chi connectivity index (χ1v) is 6.70. The second-order valence-electron chi connectivity index (χ2n) is 5.59. The number of carbonyl (C=O) groups is 1. The number of hydrogen-bond donors (Lipinski definition) is 1. The van der Waals surface area contributed by atoms with Crippen molar-refractivity contribution in [1.29, 1.82) is 0 Å². The maximum Gasteiger partial charge on any atom is 0.222 e. The number of likely N-dealkylation sites (tertiary alicyclic amines) is 1. The predicted octanol–water partition coefficient (Wildman–Crippen LogP) is 1.76. The van der Waals surface area contributed by atoms with Gasteiger partial charge in [-0.2, -0.15) is 0 Å². The van der Waals surface area contributed by atoms with Gasteiger partial charge in [-0.3, -0.25) is 4.79 Å². The zero-order chi connectivity index (χ0) is 11.5. The number of piperidine rings is 1. The maximum absolute atomic E-state index is 12.1. The first-order chi connectivity index (χ1) is 7.70. The molecule has 2 fully saturated rings. The topological polar surface area (TPSA) is 46.3 Å². The minimum absolute atomic E-state index is 0.301. The van der Waals surface area contributed by atoms with Crippen LogP contribution >= 0.6 is 0 Å². The van der Waals surface area contributed by atoms with E-state index in [-0.39, 0.29) is 0 Å². The molecule has 1 heterocycles. The molecule has 3 heteroatoms. The van der Waals surface area contributed by atoms with Crippen LogP contribution in [0.5, 0.6) is 0 Å². The molecule has 2 atom stereocenters. The third-order valence-electron chi connectivity index (χ3n) is 4.03. The summed E-state index contributed by atoms with van der Waals surface area (Å²) in [4.78, 5) is 14.1. The van der Waals surface area contributed by atoms with E-state index in [0.29, 0.717) is 18.5 Å².